The van der Waals surface area contributed by atoms with Gasteiger partial charge in [0.05, 0.1) is 11.8 Å². The van der Waals surface area contributed by atoms with Gasteiger partial charge in [0.2, 0.25) is 33.4 Å². The summed E-state index contributed by atoms with van der Waals surface area (Å²) in [5.41, 5.74) is -4.52. The van der Waals surface area contributed by atoms with E-state index in [1.165, 1.54) is 18.3 Å². The fraction of sp³-hybridized carbons (Fsp3) is 0.649. The van der Waals surface area contributed by atoms with E-state index in [4.69, 9.17) is 4.74 Å². The first-order chi connectivity index (χ1) is 26.2. The molecule has 2 saturated carbocycles. The summed E-state index contributed by atoms with van der Waals surface area (Å²) >= 11 is 0. The molecule has 7 atom stereocenters. The molecule has 0 spiro atoms. The number of allylic oxidation sites excluding steroid dienone is 1. The smallest absolute Gasteiger partial charge is 0.438 e. The molecule has 2 aromatic rings. The summed E-state index contributed by atoms with van der Waals surface area (Å²) in [7, 11) is -4.02. The Morgan fingerprint density at radius 2 is 1.86 bits per heavy atom. The van der Waals surface area contributed by atoms with Gasteiger partial charge >= 0.3 is 12.3 Å². The second-order valence-electron chi connectivity index (χ2n) is 16.4. The Hall–Kier alpha value is -4.55. The lowest BCUT2D eigenvalue weighted by molar-refractivity contribution is -0.146. The van der Waals surface area contributed by atoms with Gasteiger partial charge in [0, 0.05) is 24.1 Å². The number of fused-ring (bicyclic) bond motifs is 3. The SMILES string of the molecule is CC[C@@H]1C[C@H](C)CC/C=C\[C@@H]2C[C@@]2(C(=O)NS(=O)(=O)C2CC2)NC(=O)[C@@H]2C[C@@H](Oc3nc4ncccc4nc3C(F)(F)F)CN2C(=O)[C@H]1N(C(=O)O)C(C)(C)C. The summed E-state index contributed by atoms with van der Waals surface area (Å²) < 4.78 is 76.7. The van der Waals surface area contributed by atoms with Crippen molar-refractivity contribution in [3.05, 3.63) is 36.2 Å². The zero-order valence-electron chi connectivity index (χ0n) is 31.9. The number of ether oxygens (including phenoxy) is 1. The average molecular weight is 808 g/mol. The van der Waals surface area contributed by atoms with Gasteiger partial charge in [0.25, 0.3) is 5.91 Å². The van der Waals surface area contributed by atoms with Gasteiger partial charge in [0.1, 0.15) is 29.2 Å². The zero-order chi connectivity index (χ0) is 41.0. The highest BCUT2D eigenvalue weighted by atomic mass is 32.2. The van der Waals surface area contributed by atoms with E-state index in [1.807, 2.05) is 19.9 Å². The van der Waals surface area contributed by atoms with Crippen LogP contribution in [-0.4, -0.2) is 103 Å². The van der Waals surface area contributed by atoms with Crippen LogP contribution in [0.1, 0.15) is 91.7 Å². The van der Waals surface area contributed by atoms with Crippen LogP contribution in [0.25, 0.3) is 11.2 Å². The summed E-state index contributed by atoms with van der Waals surface area (Å²) in [6.07, 6.45) is -0.226. The molecule has 1 saturated heterocycles. The standard InChI is InChI=1S/C37H48F3N7O8S/c1-6-21-16-20(2)10-7-8-11-22-18-36(22,33(50)45-56(53,54)24-13-14-24)44-30(48)26-17-23(19-46(26)32(49)27(21)47(34(51)52)35(3,4)5)55-31-28(37(38,39)40)42-25-12-9-15-41-29(25)43-31/h8-9,11-12,15,20-24,26-27H,6-7,10,13-14,16-19H2,1-5H3,(H,44,48)(H,45,50)(H,51,52)/b11-8-/t20-,21-,22-,23-,26+,27+,36-/m1/s1. The number of hydrogen-bond acceptors (Lipinski definition) is 10. The maximum absolute atomic E-state index is 15.0. The third-order valence-corrected chi connectivity index (χ3v) is 12.9. The number of carboxylic acid groups (broad SMARTS) is 1. The zero-order valence-corrected chi connectivity index (χ0v) is 32.7. The van der Waals surface area contributed by atoms with E-state index in [0.29, 0.717) is 38.5 Å². The number of alkyl halides is 3. The summed E-state index contributed by atoms with van der Waals surface area (Å²) in [5.74, 6) is -4.61. The molecule has 0 aromatic carbocycles. The lowest BCUT2D eigenvalue weighted by Crippen LogP contribution is -2.62. The van der Waals surface area contributed by atoms with Crippen molar-refractivity contribution in [1.82, 2.24) is 34.8 Å². The third-order valence-electron chi connectivity index (χ3n) is 11.1. The highest BCUT2D eigenvalue weighted by Crippen LogP contribution is 2.46. The van der Waals surface area contributed by atoms with Crippen molar-refractivity contribution < 1.29 is 50.6 Å². The minimum atomic E-state index is -5.01. The van der Waals surface area contributed by atoms with Gasteiger partial charge in [-0.15, -0.1) is 0 Å². The molecule has 0 unspecified atom stereocenters. The van der Waals surface area contributed by atoms with Crippen molar-refractivity contribution >= 4 is 45.0 Å². The molecular formula is C37H48F3N7O8S. The van der Waals surface area contributed by atoms with Crippen LogP contribution >= 0.6 is 0 Å². The number of carbonyl (C=O) groups excluding carboxylic acids is 3. The molecule has 2 aliphatic heterocycles. The fourth-order valence-corrected chi connectivity index (χ4v) is 9.32. The van der Waals surface area contributed by atoms with Gasteiger partial charge < -0.3 is 20.1 Å². The molecule has 4 heterocycles. The van der Waals surface area contributed by atoms with Crippen LogP contribution in [-0.2, 0) is 30.6 Å². The van der Waals surface area contributed by atoms with Gasteiger partial charge in [-0.05, 0) is 83.3 Å². The first kappa shape index (κ1) is 41.1. The number of hydrogen-bond donors (Lipinski definition) is 3. The molecule has 4 aliphatic rings. The first-order valence-electron chi connectivity index (χ1n) is 18.9. The lowest BCUT2D eigenvalue weighted by atomic mass is 9.82. The molecule has 19 heteroatoms. The number of carbonyl (C=O) groups is 4. The first-order valence-corrected chi connectivity index (χ1v) is 20.4. The number of amides is 4. The molecular weight excluding hydrogens is 760 g/mol. The summed E-state index contributed by atoms with van der Waals surface area (Å²) in [5, 5.41) is 12.6. The predicted octanol–water partition coefficient (Wildman–Crippen LogP) is 4.42. The van der Waals surface area contributed by atoms with Crippen LogP contribution in [0.2, 0.25) is 0 Å². The number of nitrogens with zero attached hydrogens (tertiary/aromatic N) is 5. The van der Waals surface area contributed by atoms with Crippen molar-refractivity contribution in [3.8, 4) is 5.88 Å². The largest absolute Gasteiger partial charge is 0.471 e. The Morgan fingerprint density at radius 3 is 2.48 bits per heavy atom. The van der Waals surface area contributed by atoms with Crippen molar-refractivity contribution in [2.24, 2.45) is 17.8 Å². The number of sulfonamides is 1. The summed E-state index contributed by atoms with van der Waals surface area (Å²) in [6.45, 7) is 8.30. The van der Waals surface area contributed by atoms with Crippen LogP contribution in [0, 0.1) is 17.8 Å². The Morgan fingerprint density at radius 1 is 1.14 bits per heavy atom. The van der Waals surface area contributed by atoms with Crippen LogP contribution in [0.5, 0.6) is 5.88 Å². The molecule has 2 aromatic heterocycles. The average Bonchev–Trinajstić information content (AvgIpc) is 4.03. The minimum absolute atomic E-state index is 0.00248. The molecule has 3 fully saturated rings. The van der Waals surface area contributed by atoms with Crippen molar-refractivity contribution in [2.75, 3.05) is 6.54 Å². The van der Waals surface area contributed by atoms with Crippen LogP contribution in [0.4, 0.5) is 18.0 Å². The van der Waals surface area contributed by atoms with Gasteiger partial charge in [-0.2, -0.15) is 18.2 Å². The number of nitrogens with one attached hydrogen (secondary N) is 2. The summed E-state index contributed by atoms with van der Waals surface area (Å²) in [6, 6.07) is -0.0842. The van der Waals surface area contributed by atoms with E-state index in [2.05, 4.69) is 25.0 Å². The number of rotatable bonds is 7. The predicted molar refractivity (Wildman–Crippen MR) is 195 cm³/mol. The van der Waals surface area contributed by atoms with Crippen molar-refractivity contribution in [2.45, 2.75) is 127 Å². The van der Waals surface area contributed by atoms with Gasteiger partial charge in [0.15, 0.2) is 5.65 Å². The van der Waals surface area contributed by atoms with E-state index in [9.17, 15) is 41.1 Å². The van der Waals surface area contributed by atoms with Crippen molar-refractivity contribution in [3.63, 3.8) is 0 Å². The second kappa shape index (κ2) is 15.1. The van der Waals surface area contributed by atoms with Crippen LogP contribution in [0.3, 0.4) is 0 Å². The second-order valence-corrected chi connectivity index (χ2v) is 18.4. The topological polar surface area (TPSA) is 201 Å². The van der Waals surface area contributed by atoms with E-state index < -0.39 is 104 Å². The lowest BCUT2D eigenvalue weighted by Gasteiger charge is -2.44. The molecule has 0 radical (unpaired) electrons. The normalized spacial score (nSPS) is 29.6. The Kier molecular flexibility index (Phi) is 11.1. The molecule has 3 N–H and O–H groups in total. The Bertz CT molecular complexity index is 2020. The van der Waals surface area contributed by atoms with E-state index in [0.717, 1.165) is 9.80 Å². The molecule has 56 heavy (non-hydrogen) atoms. The fourth-order valence-electron chi connectivity index (χ4n) is 7.96. The maximum atomic E-state index is 15.0. The van der Waals surface area contributed by atoms with Gasteiger partial charge in [-0.1, -0.05) is 32.4 Å². The van der Waals surface area contributed by atoms with Gasteiger partial charge in [-0.3, -0.25) is 24.0 Å². The number of pyridine rings is 1. The molecule has 15 nitrogen and oxygen atoms in total. The highest BCUT2D eigenvalue weighted by molar-refractivity contribution is 7.91. The monoisotopic (exact) mass is 807 g/mol. The van der Waals surface area contributed by atoms with Crippen LogP contribution < -0.4 is 14.8 Å². The number of halogens is 3. The Balaban J connectivity index is 1.43. The quantitative estimate of drug-likeness (QED) is 0.335. The molecule has 2 aliphatic carbocycles. The van der Waals surface area contributed by atoms with Gasteiger partial charge in [-0.25, -0.2) is 23.2 Å². The highest BCUT2D eigenvalue weighted by Gasteiger charge is 2.62. The van der Waals surface area contributed by atoms with E-state index in [-0.39, 0.29) is 29.9 Å². The van der Waals surface area contributed by atoms with Crippen LogP contribution in [0.15, 0.2) is 30.5 Å². The molecule has 306 valence electrons. The van der Waals surface area contributed by atoms with E-state index in [1.54, 1.807) is 26.8 Å². The third kappa shape index (κ3) is 8.41. The summed E-state index contributed by atoms with van der Waals surface area (Å²) in [4.78, 5) is 70.2. The molecule has 0 bridgehead atoms. The minimum Gasteiger partial charge on any atom is -0.471 e. The Labute approximate surface area is 322 Å². The maximum Gasteiger partial charge on any atom is 0.438 e. The van der Waals surface area contributed by atoms with Crippen molar-refractivity contribution in [1.29, 1.82) is 0 Å². The molecule has 6 rings (SSSR count). The number of aromatic nitrogens is 3. The van der Waals surface area contributed by atoms with E-state index >= 15 is 4.79 Å². The molecule has 4 amide bonds.